The van der Waals surface area contributed by atoms with Crippen molar-refractivity contribution in [2.45, 2.75) is 19.3 Å². The summed E-state index contributed by atoms with van der Waals surface area (Å²) in [5, 5.41) is 0. The van der Waals surface area contributed by atoms with E-state index in [-0.39, 0.29) is 0 Å². The minimum absolute atomic E-state index is 0.343. The van der Waals surface area contributed by atoms with Gasteiger partial charge in [-0.05, 0) is 48.4 Å². The van der Waals surface area contributed by atoms with Crippen molar-refractivity contribution in [3.05, 3.63) is 28.2 Å². The van der Waals surface area contributed by atoms with Gasteiger partial charge in [-0.25, -0.2) is 0 Å². The molecule has 1 nitrogen and oxygen atoms in total. The Hall–Kier alpha value is -0.210. The van der Waals surface area contributed by atoms with Gasteiger partial charge in [0.1, 0.15) is 5.75 Å². The molecule has 0 aromatic heterocycles. The maximum absolute atomic E-state index is 5.99. The molecule has 0 amide bonds. The van der Waals surface area contributed by atoms with E-state index in [0.717, 1.165) is 22.5 Å². The van der Waals surface area contributed by atoms with Crippen LogP contribution in [-0.4, -0.2) is 13.0 Å². The highest BCUT2D eigenvalue weighted by Gasteiger charge is 2.42. The number of hydrogen-bond donors (Lipinski definition) is 0. The molecule has 3 heteroatoms. The molecule has 0 N–H and O–H groups in total. The summed E-state index contributed by atoms with van der Waals surface area (Å²) in [5.74, 6) is 1.72. The predicted molar refractivity (Wildman–Crippen MR) is 66.8 cm³/mol. The molecule has 0 aliphatic heterocycles. The van der Waals surface area contributed by atoms with Crippen molar-refractivity contribution in [3.8, 4) is 5.75 Å². The Labute approximate surface area is 104 Å². The van der Waals surface area contributed by atoms with Gasteiger partial charge in [0.2, 0.25) is 0 Å². The lowest BCUT2D eigenvalue weighted by Crippen LogP contribution is -2.07. The Morgan fingerprint density at radius 3 is 2.73 bits per heavy atom. The topological polar surface area (TPSA) is 9.23 Å². The summed E-state index contributed by atoms with van der Waals surface area (Å²) >= 11 is 9.48. The number of alkyl halides is 1. The summed E-state index contributed by atoms with van der Waals surface area (Å²) in [7, 11) is 1.72. The zero-order chi connectivity index (χ0) is 10.9. The average molecular weight is 290 g/mol. The first-order valence-corrected chi connectivity index (χ1v) is 6.40. The van der Waals surface area contributed by atoms with Gasteiger partial charge in [-0.3, -0.25) is 0 Å². The molecule has 1 fully saturated rings. The van der Waals surface area contributed by atoms with Crippen molar-refractivity contribution >= 4 is 27.5 Å². The molecule has 0 spiro atoms. The molecule has 0 saturated heterocycles. The summed E-state index contributed by atoms with van der Waals surface area (Å²) in [6.07, 6.45) is 3.51. The fraction of sp³-hybridized carbons (Fsp3) is 0.500. The van der Waals surface area contributed by atoms with Crippen molar-refractivity contribution in [2.75, 3.05) is 13.0 Å². The highest BCUT2D eigenvalue weighted by atomic mass is 79.9. The van der Waals surface area contributed by atoms with Gasteiger partial charge < -0.3 is 4.74 Å². The molecular weight excluding hydrogens is 275 g/mol. The molecule has 0 heterocycles. The summed E-state index contributed by atoms with van der Waals surface area (Å²) in [6, 6.07) is 6.14. The maximum Gasteiger partial charge on any atom is 0.122 e. The molecule has 82 valence electrons. The van der Waals surface area contributed by atoms with E-state index in [9.17, 15) is 0 Å². The predicted octanol–water partition coefficient (Wildman–Crippen LogP) is 4.02. The highest BCUT2D eigenvalue weighted by Crippen LogP contribution is 2.50. The minimum atomic E-state index is 0.343. The molecule has 1 saturated carbocycles. The summed E-state index contributed by atoms with van der Waals surface area (Å²) in [6.45, 7) is 0. The first kappa shape index (κ1) is 11.3. The molecule has 0 atom stereocenters. The van der Waals surface area contributed by atoms with Crippen LogP contribution in [0.5, 0.6) is 5.75 Å². The minimum Gasteiger partial charge on any atom is -0.496 e. The fourth-order valence-electron chi connectivity index (χ4n) is 1.82. The van der Waals surface area contributed by atoms with E-state index in [1.54, 1.807) is 7.11 Å². The number of halogens is 2. The number of hydrogen-bond acceptors (Lipinski definition) is 1. The third kappa shape index (κ3) is 2.48. The lowest BCUT2D eigenvalue weighted by molar-refractivity contribution is 0.404. The number of ether oxygens (including phenoxy) is 1. The lowest BCUT2D eigenvalue weighted by atomic mass is 9.98. The fourth-order valence-corrected chi connectivity index (χ4v) is 2.59. The molecule has 1 aliphatic carbocycles. The van der Waals surface area contributed by atoms with Crippen LogP contribution in [0.3, 0.4) is 0 Å². The van der Waals surface area contributed by atoms with E-state index in [1.807, 2.05) is 12.1 Å². The molecule has 0 unspecified atom stereocenters. The Kier molecular flexibility index (Phi) is 3.27. The second kappa shape index (κ2) is 4.34. The molecule has 0 radical (unpaired) electrons. The van der Waals surface area contributed by atoms with Crippen molar-refractivity contribution in [1.29, 1.82) is 0 Å². The number of benzene rings is 1. The smallest absolute Gasteiger partial charge is 0.122 e. The van der Waals surface area contributed by atoms with Crippen LogP contribution in [0, 0.1) is 5.41 Å². The SMILES string of the molecule is COc1ccc(Br)cc1CC1(CCl)CC1. The monoisotopic (exact) mass is 288 g/mol. The van der Waals surface area contributed by atoms with Crippen molar-refractivity contribution in [3.63, 3.8) is 0 Å². The standard InChI is InChI=1S/C12H14BrClO/c1-15-11-3-2-10(13)6-9(11)7-12(8-14)4-5-12/h2-3,6H,4-5,7-8H2,1H3. The molecule has 1 aromatic carbocycles. The van der Waals surface area contributed by atoms with Crippen LogP contribution >= 0.6 is 27.5 Å². The Morgan fingerprint density at radius 2 is 2.20 bits per heavy atom. The molecule has 1 aromatic rings. The van der Waals surface area contributed by atoms with Crippen LogP contribution in [0.2, 0.25) is 0 Å². The van der Waals surface area contributed by atoms with Gasteiger partial charge in [0.25, 0.3) is 0 Å². The molecule has 0 bridgehead atoms. The van der Waals surface area contributed by atoms with E-state index in [1.165, 1.54) is 18.4 Å². The van der Waals surface area contributed by atoms with Crippen molar-refractivity contribution < 1.29 is 4.74 Å². The second-order valence-corrected chi connectivity index (χ2v) is 5.45. The lowest BCUT2D eigenvalue weighted by Gasteiger charge is -2.14. The van der Waals surface area contributed by atoms with E-state index in [4.69, 9.17) is 16.3 Å². The quantitative estimate of drug-likeness (QED) is 0.761. The Bertz CT molecular complexity index is 361. The third-order valence-corrected chi connectivity index (χ3v) is 4.11. The molecular formula is C12H14BrClO. The van der Waals surface area contributed by atoms with E-state index in [2.05, 4.69) is 22.0 Å². The summed E-state index contributed by atoms with van der Waals surface area (Å²) in [4.78, 5) is 0. The van der Waals surface area contributed by atoms with Crippen LogP contribution in [0.25, 0.3) is 0 Å². The van der Waals surface area contributed by atoms with Gasteiger partial charge in [-0.1, -0.05) is 15.9 Å². The first-order chi connectivity index (χ1) is 7.19. The molecule has 15 heavy (non-hydrogen) atoms. The molecule has 1 aliphatic rings. The van der Waals surface area contributed by atoms with Crippen LogP contribution in [-0.2, 0) is 6.42 Å². The molecule has 2 rings (SSSR count). The number of rotatable bonds is 4. The summed E-state index contributed by atoms with van der Waals surface area (Å²) < 4.78 is 6.46. The summed E-state index contributed by atoms with van der Waals surface area (Å²) in [5.41, 5.74) is 1.60. The Balaban J connectivity index is 2.22. The van der Waals surface area contributed by atoms with Crippen LogP contribution in [0.4, 0.5) is 0 Å². The van der Waals surface area contributed by atoms with Crippen LogP contribution in [0.1, 0.15) is 18.4 Å². The zero-order valence-corrected chi connectivity index (χ0v) is 11.1. The van der Waals surface area contributed by atoms with E-state index >= 15 is 0 Å². The van der Waals surface area contributed by atoms with Gasteiger partial charge in [-0.2, -0.15) is 0 Å². The normalized spacial score (nSPS) is 17.5. The van der Waals surface area contributed by atoms with E-state index < -0.39 is 0 Å². The zero-order valence-electron chi connectivity index (χ0n) is 8.72. The highest BCUT2D eigenvalue weighted by molar-refractivity contribution is 9.10. The maximum atomic E-state index is 5.99. The van der Waals surface area contributed by atoms with Gasteiger partial charge in [0.15, 0.2) is 0 Å². The number of methoxy groups -OCH3 is 1. The van der Waals surface area contributed by atoms with Gasteiger partial charge in [0.05, 0.1) is 7.11 Å². The van der Waals surface area contributed by atoms with Crippen molar-refractivity contribution in [2.24, 2.45) is 5.41 Å². The van der Waals surface area contributed by atoms with Crippen molar-refractivity contribution in [1.82, 2.24) is 0 Å². The largest absolute Gasteiger partial charge is 0.496 e. The Morgan fingerprint density at radius 1 is 1.47 bits per heavy atom. The third-order valence-electron chi connectivity index (χ3n) is 3.05. The van der Waals surface area contributed by atoms with Gasteiger partial charge in [0, 0.05) is 10.4 Å². The van der Waals surface area contributed by atoms with Crippen LogP contribution in [0.15, 0.2) is 22.7 Å². The van der Waals surface area contributed by atoms with Crippen LogP contribution < -0.4 is 4.74 Å². The van der Waals surface area contributed by atoms with Gasteiger partial charge in [-0.15, -0.1) is 11.6 Å². The van der Waals surface area contributed by atoms with Gasteiger partial charge >= 0.3 is 0 Å². The second-order valence-electron chi connectivity index (χ2n) is 4.27. The average Bonchev–Trinajstić information content (AvgIpc) is 2.99. The van der Waals surface area contributed by atoms with E-state index in [0.29, 0.717) is 5.41 Å². The first-order valence-electron chi connectivity index (χ1n) is 5.07.